The second-order valence-electron chi connectivity index (χ2n) is 5.76. The zero-order valence-corrected chi connectivity index (χ0v) is 14.0. The van der Waals surface area contributed by atoms with Gasteiger partial charge in [-0.05, 0) is 35.8 Å². The van der Waals surface area contributed by atoms with Crippen LogP contribution in [0.4, 0.5) is 4.79 Å². The fraction of sp³-hybridized carbons (Fsp3) is 0.200. The van der Waals surface area contributed by atoms with E-state index in [1.807, 2.05) is 54.6 Å². The molecular formula is C20H18O5. The minimum absolute atomic E-state index is 0.218. The Bertz CT molecular complexity index is 795. The molecule has 1 heterocycles. The van der Waals surface area contributed by atoms with E-state index in [1.54, 1.807) is 6.92 Å². The van der Waals surface area contributed by atoms with Gasteiger partial charge in [-0.25, -0.2) is 4.79 Å². The van der Waals surface area contributed by atoms with Crippen LogP contribution < -0.4 is 0 Å². The maximum atomic E-state index is 12.4. The third-order valence-electron chi connectivity index (χ3n) is 4.15. The van der Waals surface area contributed by atoms with Gasteiger partial charge in [0.05, 0.1) is 7.11 Å². The molecule has 25 heavy (non-hydrogen) atoms. The molecule has 0 fully saturated rings. The first-order chi connectivity index (χ1) is 12.0. The van der Waals surface area contributed by atoms with Crippen LogP contribution in [0.3, 0.4) is 0 Å². The van der Waals surface area contributed by atoms with E-state index in [1.165, 1.54) is 19.3 Å². The Morgan fingerprint density at radius 3 is 2.32 bits per heavy atom. The molecular weight excluding hydrogens is 320 g/mol. The Morgan fingerprint density at radius 2 is 1.68 bits per heavy atom. The number of benzene rings is 2. The van der Waals surface area contributed by atoms with Gasteiger partial charge in [-0.1, -0.05) is 54.6 Å². The lowest BCUT2D eigenvalue weighted by molar-refractivity contribution is -0.182. The van der Waals surface area contributed by atoms with Crippen LogP contribution in [0.2, 0.25) is 0 Å². The van der Waals surface area contributed by atoms with Crippen molar-refractivity contribution < 1.29 is 23.8 Å². The van der Waals surface area contributed by atoms with E-state index in [2.05, 4.69) is 4.74 Å². The van der Waals surface area contributed by atoms with Crippen LogP contribution in [-0.4, -0.2) is 25.3 Å². The lowest BCUT2D eigenvalue weighted by Gasteiger charge is -2.33. The first-order valence-corrected chi connectivity index (χ1v) is 7.84. The van der Waals surface area contributed by atoms with Crippen molar-refractivity contribution in [3.8, 4) is 11.1 Å². The number of rotatable bonds is 3. The van der Waals surface area contributed by atoms with E-state index in [-0.39, 0.29) is 5.78 Å². The Labute approximate surface area is 145 Å². The van der Waals surface area contributed by atoms with Crippen LogP contribution in [0.5, 0.6) is 0 Å². The van der Waals surface area contributed by atoms with Gasteiger partial charge < -0.3 is 14.2 Å². The average Bonchev–Trinajstić information content (AvgIpc) is 2.65. The standard InChI is InChI=1S/C20H18O5/c1-20(17(21)12-13-18(25-20)24-19(22)23-2)16-10-8-15(9-11-16)14-6-4-3-5-7-14/h3-13,18H,1-2H3/t18-,20+/m0/s1. The van der Waals surface area contributed by atoms with Crippen molar-refractivity contribution >= 4 is 11.9 Å². The first-order valence-electron chi connectivity index (χ1n) is 7.84. The Kier molecular flexibility index (Phi) is 4.67. The Hall–Kier alpha value is -2.92. The Morgan fingerprint density at radius 1 is 1.04 bits per heavy atom. The first kappa shape index (κ1) is 16.9. The fourth-order valence-corrected chi connectivity index (χ4v) is 2.68. The van der Waals surface area contributed by atoms with E-state index in [0.717, 1.165) is 11.1 Å². The molecule has 0 saturated heterocycles. The van der Waals surface area contributed by atoms with Crippen molar-refractivity contribution in [3.05, 3.63) is 72.3 Å². The molecule has 0 unspecified atom stereocenters. The van der Waals surface area contributed by atoms with Crippen molar-refractivity contribution in [2.24, 2.45) is 0 Å². The molecule has 0 aliphatic carbocycles. The van der Waals surface area contributed by atoms with Gasteiger partial charge in [0, 0.05) is 0 Å². The minimum Gasteiger partial charge on any atom is -0.438 e. The smallest absolute Gasteiger partial charge is 0.438 e. The molecule has 0 bridgehead atoms. The largest absolute Gasteiger partial charge is 0.510 e. The molecule has 0 aromatic heterocycles. The highest BCUT2D eigenvalue weighted by Crippen LogP contribution is 2.33. The van der Waals surface area contributed by atoms with Crippen molar-refractivity contribution in [1.82, 2.24) is 0 Å². The van der Waals surface area contributed by atoms with Gasteiger partial charge in [-0.3, -0.25) is 4.79 Å². The van der Waals surface area contributed by atoms with Crippen molar-refractivity contribution in [3.63, 3.8) is 0 Å². The average molecular weight is 338 g/mol. The number of hydrogen-bond acceptors (Lipinski definition) is 5. The fourth-order valence-electron chi connectivity index (χ4n) is 2.68. The van der Waals surface area contributed by atoms with Crippen LogP contribution in [0, 0.1) is 0 Å². The monoisotopic (exact) mass is 338 g/mol. The van der Waals surface area contributed by atoms with Crippen LogP contribution in [-0.2, 0) is 24.6 Å². The summed E-state index contributed by atoms with van der Waals surface area (Å²) < 4.78 is 15.2. The highest BCUT2D eigenvalue weighted by atomic mass is 16.8. The maximum Gasteiger partial charge on any atom is 0.510 e. The summed E-state index contributed by atoms with van der Waals surface area (Å²) in [6.07, 6.45) is 0.899. The summed E-state index contributed by atoms with van der Waals surface area (Å²) in [6, 6.07) is 17.5. The lowest BCUT2D eigenvalue weighted by Crippen LogP contribution is -2.42. The number of ketones is 1. The molecule has 0 N–H and O–H groups in total. The molecule has 0 amide bonds. The molecule has 2 aromatic rings. The summed E-state index contributed by atoms with van der Waals surface area (Å²) in [7, 11) is 1.21. The third kappa shape index (κ3) is 3.46. The van der Waals surface area contributed by atoms with Crippen LogP contribution in [0.15, 0.2) is 66.7 Å². The van der Waals surface area contributed by atoms with Gasteiger partial charge in [0.25, 0.3) is 0 Å². The number of ether oxygens (including phenoxy) is 3. The Balaban J connectivity index is 1.85. The quantitative estimate of drug-likeness (QED) is 0.796. The molecule has 1 aliphatic heterocycles. The van der Waals surface area contributed by atoms with Crippen LogP contribution in [0.1, 0.15) is 12.5 Å². The highest BCUT2D eigenvalue weighted by molar-refractivity contribution is 5.98. The molecule has 2 atom stereocenters. The van der Waals surface area contributed by atoms with E-state index in [4.69, 9.17) is 9.47 Å². The van der Waals surface area contributed by atoms with E-state index in [0.29, 0.717) is 5.56 Å². The minimum atomic E-state index is -1.23. The van der Waals surface area contributed by atoms with Gasteiger partial charge in [0.15, 0.2) is 11.4 Å². The molecule has 2 aromatic carbocycles. The van der Waals surface area contributed by atoms with E-state index in [9.17, 15) is 9.59 Å². The maximum absolute atomic E-state index is 12.4. The number of carbonyl (C=O) groups is 2. The molecule has 5 nitrogen and oxygen atoms in total. The normalized spacial score (nSPS) is 22.5. The van der Waals surface area contributed by atoms with Crippen LogP contribution in [0.25, 0.3) is 11.1 Å². The number of methoxy groups -OCH3 is 1. The molecule has 128 valence electrons. The summed E-state index contributed by atoms with van der Waals surface area (Å²) in [4.78, 5) is 23.7. The predicted octanol–water partition coefficient (Wildman–Crippen LogP) is 3.83. The highest BCUT2D eigenvalue weighted by Gasteiger charge is 2.40. The summed E-state index contributed by atoms with van der Waals surface area (Å²) in [5.41, 5.74) is 1.57. The summed E-state index contributed by atoms with van der Waals surface area (Å²) in [5.74, 6) is -0.218. The molecule has 0 radical (unpaired) electrons. The second kappa shape index (κ2) is 6.91. The van der Waals surface area contributed by atoms with Crippen LogP contribution >= 0.6 is 0 Å². The van der Waals surface area contributed by atoms with Crippen molar-refractivity contribution in [1.29, 1.82) is 0 Å². The van der Waals surface area contributed by atoms with Gasteiger partial charge in [-0.2, -0.15) is 0 Å². The van der Waals surface area contributed by atoms with E-state index < -0.39 is 18.0 Å². The zero-order valence-electron chi connectivity index (χ0n) is 14.0. The van der Waals surface area contributed by atoms with Crippen molar-refractivity contribution in [2.75, 3.05) is 7.11 Å². The van der Waals surface area contributed by atoms with E-state index >= 15 is 0 Å². The summed E-state index contributed by atoms with van der Waals surface area (Å²) >= 11 is 0. The molecule has 1 aliphatic rings. The lowest BCUT2D eigenvalue weighted by atomic mass is 9.88. The molecule has 0 saturated carbocycles. The van der Waals surface area contributed by atoms with Crippen molar-refractivity contribution in [2.45, 2.75) is 18.8 Å². The third-order valence-corrected chi connectivity index (χ3v) is 4.15. The van der Waals surface area contributed by atoms with Gasteiger partial charge >= 0.3 is 6.16 Å². The van der Waals surface area contributed by atoms with Gasteiger partial charge in [0.2, 0.25) is 6.29 Å². The topological polar surface area (TPSA) is 61.8 Å². The van der Waals surface area contributed by atoms with Gasteiger partial charge in [0.1, 0.15) is 0 Å². The predicted molar refractivity (Wildman–Crippen MR) is 91.7 cm³/mol. The SMILES string of the molecule is COC(=O)O[C@@H]1C=CC(=O)[C@@](C)(c2ccc(-c3ccccc3)cc2)O1. The summed E-state index contributed by atoms with van der Waals surface area (Å²) in [5, 5.41) is 0. The molecule has 0 spiro atoms. The number of hydrogen-bond donors (Lipinski definition) is 0. The van der Waals surface area contributed by atoms with Gasteiger partial charge in [-0.15, -0.1) is 0 Å². The summed E-state index contributed by atoms with van der Waals surface area (Å²) in [6.45, 7) is 1.66. The second-order valence-corrected chi connectivity index (χ2v) is 5.76. The zero-order chi connectivity index (χ0) is 17.9. The molecule has 5 heteroatoms. The number of carbonyl (C=O) groups excluding carboxylic acids is 2. The molecule has 3 rings (SSSR count).